The van der Waals surface area contributed by atoms with Crippen LogP contribution in [0.4, 0.5) is 4.39 Å². The third-order valence-electron chi connectivity index (χ3n) is 3.27. The highest BCUT2D eigenvalue weighted by Gasteiger charge is 2.27. The molecule has 4 heteroatoms. The Kier molecular flexibility index (Phi) is 3.12. The summed E-state index contributed by atoms with van der Waals surface area (Å²) in [5.41, 5.74) is 6.71. The van der Waals surface area contributed by atoms with E-state index in [2.05, 4.69) is 11.8 Å². The summed E-state index contributed by atoms with van der Waals surface area (Å²) in [5.74, 6) is -0.419. The summed E-state index contributed by atoms with van der Waals surface area (Å²) < 4.78 is 13.1. The van der Waals surface area contributed by atoms with Gasteiger partial charge in [0.1, 0.15) is 11.6 Å². The van der Waals surface area contributed by atoms with Gasteiger partial charge in [0, 0.05) is 31.2 Å². The van der Waals surface area contributed by atoms with Crippen LogP contribution in [0, 0.1) is 5.82 Å². The zero-order valence-corrected chi connectivity index (χ0v) is 9.36. The van der Waals surface area contributed by atoms with E-state index in [1.165, 1.54) is 6.07 Å². The van der Waals surface area contributed by atoms with E-state index in [1.807, 2.05) is 0 Å². The molecule has 1 saturated heterocycles. The molecule has 88 valence electrons. The van der Waals surface area contributed by atoms with Crippen molar-refractivity contribution in [1.29, 1.82) is 0 Å². The third-order valence-corrected chi connectivity index (χ3v) is 3.27. The van der Waals surface area contributed by atoms with Crippen molar-refractivity contribution >= 4 is 0 Å². The first kappa shape index (κ1) is 11.4. The van der Waals surface area contributed by atoms with Gasteiger partial charge in [-0.25, -0.2) is 4.39 Å². The fourth-order valence-corrected chi connectivity index (χ4v) is 2.21. The number of hydrogen-bond donors (Lipinski definition) is 2. The van der Waals surface area contributed by atoms with Gasteiger partial charge in [0.2, 0.25) is 0 Å². The van der Waals surface area contributed by atoms with E-state index in [0.717, 1.165) is 24.6 Å². The van der Waals surface area contributed by atoms with Crippen molar-refractivity contribution in [2.24, 2.45) is 5.73 Å². The van der Waals surface area contributed by atoms with E-state index in [0.29, 0.717) is 12.6 Å². The van der Waals surface area contributed by atoms with Crippen LogP contribution in [0.15, 0.2) is 18.2 Å². The maximum absolute atomic E-state index is 13.1. The Bertz CT molecular complexity index is 363. The van der Waals surface area contributed by atoms with Gasteiger partial charge < -0.3 is 10.8 Å². The molecule has 0 aromatic heterocycles. The van der Waals surface area contributed by atoms with Crippen molar-refractivity contribution in [3.63, 3.8) is 0 Å². The van der Waals surface area contributed by atoms with Crippen LogP contribution in [0.5, 0.6) is 5.75 Å². The average molecular weight is 224 g/mol. The summed E-state index contributed by atoms with van der Waals surface area (Å²) in [6.45, 7) is 3.65. The first-order chi connectivity index (χ1) is 7.56. The van der Waals surface area contributed by atoms with Crippen molar-refractivity contribution in [3.8, 4) is 5.75 Å². The minimum Gasteiger partial charge on any atom is -0.508 e. The molecule has 0 amide bonds. The van der Waals surface area contributed by atoms with Crippen LogP contribution >= 0.6 is 0 Å². The molecule has 2 atom stereocenters. The Morgan fingerprint density at radius 3 is 2.81 bits per heavy atom. The van der Waals surface area contributed by atoms with Gasteiger partial charge in [-0.2, -0.15) is 0 Å². The molecular weight excluding hydrogens is 207 g/mol. The molecule has 2 rings (SSSR count). The zero-order chi connectivity index (χ0) is 11.7. The minimum absolute atomic E-state index is 0.0221. The van der Waals surface area contributed by atoms with Gasteiger partial charge in [-0.3, -0.25) is 4.90 Å². The lowest BCUT2D eigenvalue weighted by molar-refractivity contribution is 0.251. The Morgan fingerprint density at radius 1 is 1.50 bits per heavy atom. The number of rotatable bonds is 2. The summed E-state index contributed by atoms with van der Waals surface area (Å²) in [5, 5.41) is 9.30. The van der Waals surface area contributed by atoms with Crippen LogP contribution in [-0.2, 0) is 6.54 Å². The van der Waals surface area contributed by atoms with Crippen LogP contribution in [0.1, 0.15) is 18.9 Å². The molecule has 3 N–H and O–H groups in total. The Balaban J connectivity index is 2.09. The van der Waals surface area contributed by atoms with Gasteiger partial charge in [0.25, 0.3) is 0 Å². The van der Waals surface area contributed by atoms with Gasteiger partial charge in [-0.1, -0.05) is 0 Å². The number of phenolic OH excluding ortho intramolecular Hbond substituents is 1. The first-order valence-electron chi connectivity index (χ1n) is 5.54. The molecule has 0 aliphatic carbocycles. The standard InChI is InChI=1S/C12H17FN2O/c1-8-12(14)2-3-15(8)7-9-4-10(13)6-11(16)5-9/h4-6,8,12,16H,2-3,7,14H2,1H3. The monoisotopic (exact) mass is 224 g/mol. The maximum atomic E-state index is 13.1. The number of halogens is 1. The Morgan fingerprint density at radius 2 is 2.25 bits per heavy atom. The molecule has 0 radical (unpaired) electrons. The summed E-state index contributed by atoms with van der Waals surface area (Å²) >= 11 is 0. The smallest absolute Gasteiger partial charge is 0.127 e. The molecule has 16 heavy (non-hydrogen) atoms. The molecule has 1 aromatic carbocycles. The van der Waals surface area contributed by atoms with Gasteiger partial charge >= 0.3 is 0 Å². The second kappa shape index (κ2) is 4.39. The maximum Gasteiger partial charge on any atom is 0.127 e. The summed E-state index contributed by atoms with van der Waals surface area (Å²) in [6.07, 6.45) is 0.975. The normalized spacial score (nSPS) is 26.2. The third kappa shape index (κ3) is 2.33. The number of phenols is 1. The lowest BCUT2D eigenvalue weighted by atomic mass is 10.1. The molecule has 1 heterocycles. The number of aromatic hydroxyl groups is 1. The van der Waals surface area contributed by atoms with Crippen molar-refractivity contribution in [1.82, 2.24) is 4.90 Å². The van der Waals surface area contributed by atoms with Gasteiger partial charge in [-0.05, 0) is 31.0 Å². The Hall–Kier alpha value is -1.13. The number of hydrogen-bond acceptors (Lipinski definition) is 3. The van der Waals surface area contributed by atoms with E-state index in [4.69, 9.17) is 5.73 Å². The number of nitrogens with zero attached hydrogens (tertiary/aromatic N) is 1. The van der Waals surface area contributed by atoms with Crippen molar-refractivity contribution in [2.45, 2.75) is 32.0 Å². The van der Waals surface area contributed by atoms with E-state index >= 15 is 0 Å². The van der Waals surface area contributed by atoms with Crippen LogP contribution in [0.2, 0.25) is 0 Å². The van der Waals surface area contributed by atoms with E-state index in [1.54, 1.807) is 6.07 Å². The van der Waals surface area contributed by atoms with Crippen LogP contribution in [0.25, 0.3) is 0 Å². The van der Waals surface area contributed by atoms with E-state index < -0.39 is 5.82 Å². The largest absolute Gasteiger partial charge is 0.508 e. The highest BCUT2D eigenvalue weighted by Crippen LogP contribution is 2.21. The molecule has 3 nitrogen and oxygen atoms in total. The molecule has 0 saturated carbocycles. The van der Waals surface area contributed by atoms with Gasteiger partial charge in [0.15, 0.2) is 0 Å². The summed E-state index contributed by atoms with van der Waals surface area (Å²) in [4.78, 5) is 2.21. The fraction of sp³-hybridized carbons (Fsp3) is 0.500. The molecule has 1 fully saturated rings. The molecule has 0 spiro atoms. The predicted octanol–water partition coefficient (Wildman–Crippen LogP) is 1.45. The van der Waals surface area contributed by atoms with Gasteiger partial charge in [0.05, 0.1) is 0 Å². The van der Waals surface area contributed by atoms with Crippen molar-refractivity contribution in [2.75, 3.05) is 6.54 Å². The topological polar surface area (TPSA) is 49.5 Å². The summed E-state index contributed by atoms with van der Waals surface area (Å²) in [7, 11) is 0. The second-order valence-electron chi connectivity index (χ2n) is 4.48. The predicted molar refractivity (Wildman–Crippen MR) is 60.5 cm³/mol. The Labute approximate surface area is 94.7 Å². The quantitative estimate of drug-likeness (QED) is 0.799. The SMILES string of the molecule is CC1C(N)CCN1Cc1cc(O)cc(F)c1. The molecule has 1 aromatic rings. The van der Waals surface area contributed by atoms with E-state index in [-0.39, 0.29) is 11.8 Å². The van der Waals surface area contributed by atoms with Crippen molar-refractivity contribution in [3.05, 3.63) is 29.6 Å². The molecule has 0 bridgehead atoms. The second-order valence-corrected chi connectivity index (χ2v) is 4.48. The molecule has 1 aliphatic heterocycles. The van der Waals surface area contributed by atoms with Crippen LogP contribution in [0.3, 0.4) is 0 Å². The lowest BCUT2D eigenvalue weighted by Gasteiger charge is -2.22. The zero-order valence-electron chi connectivity index (χ0n) is 9.36. The molecular formula is C12H17FN2O. The number of benzene rings is 1. The highest BCUT2D eigenvalue weighted by atomic mass is 19.1. The number of nitrogens with two attached hydrogens (primary N) is 1. The van der Waals surface area contributed by atoms with Crippen LogP contribution in [-0.4, -0.2) is 28.6 Å². The average Bonchev–Trinajstić information content (AvgIpc) is 2.48. The molecule has 2 unspecified atom stereocenters. The van der Waals surface area contributed by atoms with Crippen LogP contribution < -0.4 is 5.73 Å². The lowest BCUT2D eigenvalue weighted by Crippen LogP contribution is -2.36. The minimum atomic E-state index is -0.397. The van der Waals surface area contributed by atoms with E-state index in [9.17, 15) is 9.50 Å². The summed E-state index contributed by atoms with van der Waals surface area (Å²) in [6, 6.07) is 4.67. The highest BCUT2D eigenvalue weighted by molar-refractivity contribution is 5.28. The van der Waals surface area contributed by atoms with Gasteiger partial charge in [-0.15, -0.1) is 0 Å². The fourth-order valence-electron chi connectivity index (χ4n) is 2.21. The van der Waals surface area contributed by atoms with Crippen molar-refractivity contribution < 1.29 is 9.50 Å². The number of likely N-dealkylation sites (tertiary alicyclic amines) is 1. The molecule has 1 aliphatic rings. The first-order valence-corrected chi connectivity index (χ1v) is 5.54.